The first-order valence-electron chi connectivity index (χ1n) is 8.45. The van der Waals surface area contributed by atoms with Gasteiger partial charge in [0, 0.05) is 18.0 Å². The Morgan fingerprint density at radius 1 is 1.17 bits per heavy atom. The third-order valence-corrected chi connectivity index (χ3v) is 7.54. The standard InChI is InChI=1S/C18H17F2NO6S2/c19-18(20)27-13-3-1-12(2-4-13)11-14(17(22)23)15-5-6-16(28-15)29(24,25)21-7-9-26-10-8-21/h1-6,11,18H,7-10H2,(H,22,23)/b14-11+. The van der Waals surface area contributed by atoms with Gasteiger partial charge in [-0.05, 0) is 35.9 Å². The molecule has 0 unspecified atom stereocenters. The normalized spacial score (nSPS) is 16.2. The number of aliphatic carboxylic acids is 1. The fourth-order valence-corrected chi connectivity index (χ4v) is 5.54. The number of alkyl halides is 2. The first-order chi connectivity index (χ1) is 13.8. The molecule has 2 heterocycles. The van der Waals surface area contributed by atoms with Gasteiger partial charge in [-0.1, -0.05) is 12.1 Å². The number of benzene rings is 1. The Bertz CT molecular complexity index is 996. The van der Waals surface area contributed by atoms with E-state index < -0.39 is 22.6 Å². The van der Waals surface area contributed by atoms with E-state index in [9.17, 15) is 27.1 Å². The van der Waals surface area contributed by atoms with Crippen molar-refractivity contribution in [2.45, 2.75) is 10.8 Å². The lowest BCUT2D eigenvalue weighted by atomic mass is 10.1. The number of rotatable bonds is 7. The summed E-state index contributed by atoms with van der Waals surface area (Å²) in [5.41, 5.74) is 0.330. The second-order valence-corrected chi connectivity index (χ2v) is 9.19. The number of ether oxygens (including phenoxy) is 2. The van der Waals surface area contributed by atoms with Crippen LogP contribution in [0.25, 0.3) is 11.6 Å². The zero-order valence-corrected chi connectivity index (χ0v) is 16.6. The molecule has 2 aromatic rings. The number of carbonyl (C=O) groups is 1. The third-order valence-electron chi connectivity index (χ3n) is 4.06. The number of sulfonamides is 1. The van der Waals surface area contributed by atoms with Gasteiger partial charge in [-0.25, -0.2) is 13.2 Å². The fourth-order valence-electron chi connectivity index (χ4n) is 2.67. The summed E-state index contributed by atoms with van der Waals surface area (Å²) in [4.78, 5) is 12.0. The average molecular weight is 445 g/mol. The summed E-state index contributed by atoms with van der Waals surface area (Å²) in [7, 11) is -3.73. The van der Waals surface area contributed by atoms with Crippen LogP contribution >= 0.6 is 11.3 Å². The van der Waals surface area contributed by atoms with Crippen LogP contribution in [0.2, 0.25) is 0 Å². The van der Waals surface area contributed by atoms with Gasteiger partial charge in [0.05, 0.1) is 18.8 Å². The zero-order chi connectivity index (χ0) is 21.0. The summed E-state index contributed by atoms with van der Waals surface area (Å²) in [6, 6.07) is 8.26. The Hall–Kier alpha value is -2.34. The molecule has 0 atom stereocenters. The van der Waals surface area contributed by atoms with E-state index >= 15 is 0 Å². The van der Waals surface area contributed by atoms with Crippen molar-refractivity contribution >= 4 is 39.0 Å². The minimum absolute atomic E-state index is 0.0437. The lowest BCUT2D eigenvalue weighted by Gasteiger charge is -2.25. The molecule has 0 aliphatic carbocycles. The number of nitrogens with zero attached hydrogens (tertiary/aromatic N) is 1. The minimum atomic E-state index is -3.73. The monoisotopic (exact) mass is 445 g/mol. The summed E-state index contributed by atoms with van der Waals surface area (Å²) in [6.07, 6.45) is 1.34. The van der Waals surface area contributed by atoms with E-state index in [1.54, 1.807) is 0 Å². The predicted octanol–water partition coefficient (Wildman–Crippen LogP) is 3.00. The van der Waals surface area contributed by atoms with E-state index in [2.05, 4.69) is 4.74 Å². The molecule has 0 amide bonds. The topological polar surface area (TPSA) is 93.1 Å². The van der Waals surface area contributed by atoms with Gasteiger partial charge in [-0.15, -0.1) is 11.3 Å². The second-order valence-electron chi connectivity index (χ2n) is 5.95. The van der Waals surface area contributed by atoms with Gasteiger partial charge in [0.1, 0.15) is 9.96 Å². The van der Waals surface area contributed by atoms with Crippen LogP contribution in [-0.2, 0) is 19.6 Å². The first kappa shape index (κ1) is 21.4. The van der Waals surface area contributed by atoms with Crippen LogP contribution < -0.4 is 4.74 Å². The highest BCUT2D eigenvalue weighted by atomic mass is 32.2. The van der Waals surface area contributed by atoms with Crippen molar-refractivity contribution in [2.24, 2.45) is 0 Å². The summed E-state index contributed by atoms with van der Waals surface area (Å²) >= 11 is 0.857. The van der Waals surface area contributed by atoms with Crippen molar-refractivity contribution in [1.82, 2.24) is 4.31 Å². The summed E-state index contributed by atoms with van der Waals surface area (Å²) in [6.45, 7) is -1.86. The molecule has 0 radical (unpaired) electrons. The fraction of sp³-hybridized carbons (Fsp3) is 0.278. The minimum Gasteiger partial charge on any atom is -0.478 e. The lowest BCUT2D eigenvalue weighted by Crippen LogP contribution is -2.40. The lowest BCUT2D eigenvalue weighted by molar-refractivity contribution is -0.130. The van der Waals surface area contributed by atoms with E-state index in [1.807, 2.05) is 0 Å². The van der Waals surface area contributed by atoms with Crippen molar-refractivity contribution in [3.8, 4) is 5.75 Å². The molecule has 29 heavy (non-hydrogen) atoms. The Kier molecular flexibility index (Phi) is 6.63. The maximum atomic E-state index is 12.7. The quantitative estimate of drug-likeness (QED) is 0.659. The van der Waals surface area contributed by atoms with Crippen LogP contribution in [0, 0.1) is 0 Å². The molecule has 1 aromatic carbocycles. The van der Waals surface area contributed by atoms with Crippen LogP contribution in [0.15, 0.2) is 40.6 Å². The molecule has 1 saturated heterocycles. The van der Waals surface area contributed by atoms with Crippen molar-refractivity contribution in [3.05, 3.63) is 46.8 Å². The average Bonchev–Trinajstić information content (AvgIpc) is 3.18. The Balaban J connectivity index is 1.87. The summed E-state index contributed by atoms with van der Waals surface area (Å²) in [5, 5.41) is 9.56. The first-order valence-corrected chi connectivity index (χ1v) is 10.7. The molecule has 0 bridgehead atoms. The van der Waals surface area contributed by atoms with Gasteiger partial charge in [-0.3, -0.25) is 0 Å². The molecule has 1 fully saturated rings. The number of halogens is 2. The molecule has 3 rings (SSSR count). The summed E-state index contributed by atoms with van der Waals surface area (Å²) < 4.78 is 60.6. The molecule has 1 N–H and O–H groups in total. The van der Waals surface area contributed by atoms with Gasteiger partial charge in [0.15, 0.2) is 0 Å². The second kappa shape index (κ2) is 8.99. The molecule has 156 valence electrons. The van der Waals surface area contributed by atoms with E-state index in [-0.39, 0.29) is 33.5 Å². The van der Waals surface area contributed by atoms with Crippen molar-refractivity contribution in [1.29, 1.82) is 0 Å². The molecule has 0 saturated carbocycles. The Labute approximate surface area is 169 Å². The Morgan fingerprint density at radius 2 is 1.83 bits per heavy atom. The molecule has 1 aromatic heterocycles. The largest absolute Gasteiger partial charge is 0.478 e. The van der Waals surface area contributed by atoms with E-state index in [4.69, 9.17) is 4.74 Å². The van der Waals surface area contributed by atoms with Crippen molar-refractivity contribution in [3.63, 3.8) is 0 Å². The van der Waals surface area contributed by atoms with E-state index in [1.165, 1.54) is 46.8 Å². The number of carboxylic acids is 1. The van der Waals surface area contributed by atoms with Gasteiger partial charge in [0.2, 0.25) is 0 Å². The van der Waals surface area contributed by atoms with Gasteiger partial charge in [0.25, 0.3) is 10.0 Å². The molecular formula is C18H17F2NO6S2. The maximum Gasteiger partial charge on any atom is 0.387 e. The SMILES string of the molecule is O=C(O)/C(=C/c1ccc(OC(F)F)cc1)c1ccc(S(=O)(=O)N2CCOCC2)s1. The number of thiophene rings is 1. The zero-order valence-electron chi connectivity index (χ0n) is 15.0. The van der Waals surface area contributed by atoms with Gasteiger partial charge in [-0.2, -0.15) is 13.1 Å². The van der Waals surface area contributed by atoms with Gasteiger partial charge >= 0.3 is 12.6 Å². The highest BCUT2D eigenvalue weighted by molar-refractivity contribution is 7.91. The molecule has 11 heteroatoms. The van der Waals surface area contributed by atoms with Crippen molar-refractivity contribution in [2.75, 3.05) is 26.3 Å². The maximum absolute atomic E-state index is 12.7. The predicted molar refractivity (Wildman–Crippen MR) is 102 cm³/mol. The highest BCUT2D eigenvalue weighted by Crippen LogP contribution is 2.31. The van der Waals surface area contributed by atoms with Crippen LogP contribution in [0.5, 0.6) is 5.75 Å². The van der Waals surface area contributed by atoms with Crippen molar-refractivity contribution < 1.29 is 36.6 Å². The smallest absolute Gasteiger partial charge is 0.387 e. The molecule has 0 spiro atoms. The van der Waals surface area contributed by atoms with Crippen LogP contribution in [0.3, 0.4) is 0 Å². The number of carboxylic acid groups (broad SMARTS) is 1. The highest BCUT2D eigenvalue weighted by Gasteiger charge is 2.28. The molecule has 1 aliphatic heterocycles. The van der Waals surface area contributed by atoms with Crippen LogP contribution in [0.1, 0.15) is 10.4 Å². The molecule has 1 aliphatic rings. The number of hydrogen-bond acceptors (Lipinski definition) is 6. The number of hydrogen-bond donors (Lipinski definition) is 1. The van der Waals surface area contributed by atoms with Crippen LogP contribution in [0.4, 0.5) is 8.78 Å². The molecule has 7 nitrogen and oxygen atoms in total. The molecular weight excluding hydrogens is 428 g/mol. The van der Waals surface area contributed by atoms with Gasteiger partial charge < -0.3 is 14.6 Å². The third kappa shape index (κ3) is 5.18. The van der Waals surface area contributed by atoms with E-state index in [0.717, 1.165) is 11.3 Å². The van der Waals surface area contributed by atoms with E-state index in [0.29, 0.717) is 18.8 Å². The summed E-state index contributed by atoms with van der Waals surface area (Å²) in [5.74, 6) is -1.29. The Morgan fingerprint density at radius 3 is 2.41 bits per heavy atom. The van der Waals surface area contributed by atoms with Crippen LogP contribution in [-0.4, -0.2) is 56.7 Å². The number of morpholine rings is 1.